The molecule has 0 bridgehead atoms. The number of hydrogen-bond donors (Lipinski definition) is 0. The van der Waals surface area contributed by atoms with Gasteiger partial charge in [0.15, 0.2) is 0 Å². The van der Waals surface area contributed by atoms with Crippen molar-refractivity contribution in [3.8, 4) is 0 Å². The summed E-state index contributed by atoms with van der Waals surface area (Å²) in [5.41, 5.74) is 0. The molecular formula is AlHfO3Si+5. The summed E-state index contributed by atoms with van der Waals surface area (Å²) in [5, 5.41) is 0. The molecular weight excluding hydrogens is 282 g/mol. The van der Waals surface area contributed by atoms with E-state index in [2.05, 4.69) is 0 Å². The summed E-state index contributed by atoms with van der Waals surface area (Å²) in [6.45, 7) is 0. The molecule has 0 aromatic heterocycles. The van der Waals surface area contributed by atoms with Gasteiger partial charge in [0.2, 0.25) is 0 Å². The van der Waals surface area contributed by atoms with E-state index in [4.69, 9.17) is 14.1 Å². The van der Waals surface area contributed by atoms with E-state index in [1.807, 2.05) is 0 Å². The minimum atomic E-state index is -3.63. The van der Waals surface area contributed by atoms with Crippen LogP contribution in [0.5, 0.6) is 0 Å². The fourth-order valence-electron chi connectivity index (χ4n) is 0. The van der Waals surface area contributed by atoms with Crippen molar-refractivity contribution in [1.82, 2.24) is 0 Å². The third-order valence-corrected chi connectivity index (χ3v) is 0. The van der Waals surface area contributed by atoms with Crippen LogP contribution < -0.4 is 9.59 Å². The molecule has 24 valence electrons. The van der Waals surface area contributed by atoms with E-state index in [1.54, 1.807) is 0 Å². The van der Waals surface area contributed by atoms with Crippen molar-refractivity contribution < 1.29 is 39.9 Å². The summed E-state index contributed by atoms with van der Waals surface area (Å²) >= 11 is 0. The minimum Gasteiger partial charge on any atom is -0.672 e. The van der Waals surface area contributed by atoms with E-state index in [1.165, 1.54) is 0 Å². The second-order valence-electron chi connectivity index (χ2n) is 0.250. The first kappa shape index (κ1) is 15.7. The predicted molar refractivity (Wildman–Crippen MR) is 12.2 cm³/mol. The number of hydrogen-bond acceptors (Lipinski definition) is 3. The summed E-state index contributed by atoms with van der Waals surface area (Å²) in [5.74, 6) is 0. The molecule has 0 unspecified atom stereocenters. The average Bonchev–Trinajstić information content (AvgIpc) is 0.811. The Balaban J connectivity index is -0.0000000450. The van der Waals surface area contributed by atoms with Gasteiger partial charge in [-0.05, 0) is 0 Å². The van der Waals surface area contributed by atoms with Crippen LogP contribution in [0.3, 0.4) is 0 Å². The molecule has 0 aromatic carbocycles. The van der Waals surface area contributed by atoms with Gasteiger partial charge in [-0.1, -0.05) is 0 Å². The molecule has 0 aliphatic rings. The van der Waals surface area contributed by atoms with Gasteiger partial charge in [-0.15, -0.1) is 0 Å². The van der Waals surface area contributed by atoms with E-state index in [0.29, 0.717) is 0 Å². The fraction of sp³-hybridized carbons (Fsp3) is 0. The normalized spacial score (nSPS) is 4.00. The minimum absolute atomic E-state index is 0. The van der Waals surface area contributed by atoms with E-state index >= 15 is 0 Å². The Labute approximate surface area is 66.2 Å². The summed E-state index contributed by atoms with van der Waals surface area (Å²) in [7, 11) is -3.63. The van der Waals surface area contributed by atoms with Gasteiger partial charge in [0.05, 0.1) is 0 Å². The second kappa shape index (κ2) is 9.39. The van der Waals surface area contributed by atoms with Crippen molar-refractivity contribution in [2.24, 2.45) is 0 Å². The van der Waals surface area contributed by atoms with Gasteiger partial charge in [0.1, 0.15) is 0 Å². The van der Waals surface area contributed by atoms with Crippen LogP contribution in [-0.2, 0) is 30.3 Å². The van der Waals surface area contributed by atoms with Crippen molar-refractivity contribution in [2.45, 2.75) is 0 Å². The summed E-state index contributed by atoms with van der Waals surface area (Å²) < 4.78 is 8.52. The van der Waals surface area contributed by atoms with Gasteiger partial charge < -0.3 is 14.1 Å². The second-order valence-corrected chi connectivity index (χ2v) is 0.750. The standard InChI is InChI=1S/Al.Hf.O3Si/c;;1-4(2)3/q+3;+4;-2. The molecule has 0 radical (unpaired) electrons. The Morgan fingerprint density at radius 1 is 1.33 bits per heavy atom. The molecule has 6 heteroatoms. The first-order valence-electron chi connectivity index (χ1n) is 0.612. The number of rotatable bonds is 0. The molecule has 0 N–H and O–H groups in total. The maximum Gasteiger partial charge on any atom is 4.00 e. The van der Waals surface area contributed by atoms with E-state index < -0.39 is 9.17 Å². The van der Waals surface area contributed by atoms with Crippen LogP contribution in [-0.4, -0.2) is 26.5 Å². The van der Waals surface area contributed by atoms with Crippen molar-refractivity contribution in [3.05, 3.63) is 0 Å². The molecule has 0 amide bonds. The smallest absolute Gasteiger partial charge is 0.672 e. The van der Waals surface area contributed by atoms with Crippen molar-refractivity contribution in [2.75, 3.05) is 0 Å². The van der Waals surface area contributed by atoms with Crippen molar-refractivity contribution >= 4 is 26.5 Å². The summed E-state index contributed by atoms with van der Waals surface area (Å²) in [6.07, 6.45) is 0. The quantitative estimate of drug-likeness (QED) is 0.438. The molecule has 0 aliphatic carbocycles. The third kappa shape index (κ3) is 78.0. The van der Waals surface area contributed by atoms with Crippen LogP contribution in [0.4, 0.5) is 0 Å². The average molecular weight is 282 g/mol. The molecule has 3 nitrogen and oxygen atoms in total. The van der Waals surface area contributed by atoms with E-state index in [-0.39, 0.29) is 43.2 Å². The van der Waals surface area contributed by atoms with Crippen LogP contribution in [0.15, 0.2) is 0 Å². The Bertz CT molecular complexity index is 33.8. The molecule has 0 saturated carbocycles. The largest absolute Gasteiger partial charge is 4.00 e. The molecule has 0 aliphatic heterocycles. The zero-order valence-electron chi connectivity index (χ0n) is 2.80. The molecule has 0 aromatic rings. The Morgan fingerprint density at radius 3 is 1.33 bits per heavy atom. The van der Waals surface area contributed by atoms with Crippen LogP contribution in [0, 0.1) is 0 Å². The topological polar surface area (TPSA) is 63.2 Å². The molecule has 0 spiro atoms. The zero-order valence-corrected chi connectivity index (χ0v) is 8.55. The SMILES string of the molecule is O=[Si]([O-])[O-].[Al+3].[Hf+4]. The molecule has 0 atom stereocenters. The van der Waals surface area contributed by atoms with Gasteiger partial charge in [0, 0.05) is 9.17 Å². The summed E-state index contributed by atoms with van der Waals surface area (Å²) in [6, 6.07) is 0. The first-order valence-corrected chi connectivity index (χ1v) is 1.84. The van der Waals surface area contributed by atoms with Gasteiger partial charge in [-0.3, -0.25) is 0 Å². The fourth-order valence-corrected chi connectivity index (χ4v) is 0. The van der Waals surface area contributed by atoms with Crippen molar-refractivity contribution in [1.29, 1.82) is 0 Å². The van der Waals surface area contributed by atoms with Crippen LogP contribution in [0.2, 0.25) is 0 Å². The predicted octanol–water partition coefficient (Wildman–Crippen LogP) is -3.26. The third-order valence-electron chi connectivity index (χ3n) is 0. The maximum absolute atomic E-state index is 8.52. The molecule has 0 heterocycles. The maximum atomic E-state index is 8.52. The Hall–Kier alpha value is 1.02. The van der Waals surface area contributed by atoms with Gasteiger partial charge >= 0.3 is 43.2 Å². The monoisotopic (exact) mass is 283 g/mol. The molecule has 0 fully saturated rings. The zero-order chi connectivity index (χ0) is 3.58. The van der Waals surface area contributed by atoms with Gasteiger partial charge in [-0.25, -0.2) is 0 Å². The van der Waals surface area contributed by atoms with Crippen LogP contribution >= 0.6 is 0 Å². The van der Waals surface area contributed by atoms with Crippen LogP contribution in [0.1, 0.15) is 0 Å². The van der Waals surface area contributed by atoms with Crippen LogP contribution in [0.25, 0.3) is 0 Å². The molecule has 0 saturated heterocycles. The van der Waals surface area contributed by atoms with Gasteiger partial charge in [-0.2, -0.15) is 0 Å². The molecule has 6 heavy (non-hydrogen) atoms. The first-order chi connectivity index (χ1) is 1.73. The summed E-state index contributed by atoms with van der Waals surface area (Å²) in [4.78, 5) is 17.0. The Morgan fingerprint density at radius 2 is 1.33 bits per heavy atom. The van der Waals surface area contributed by atoms with E-state index in [0.717, 1.165) is 0 Å². The van der Waals surface area contributed by atoms with E-state index in [9.17, 15) is 0 Å². The van der Waals surface area contributed by atoms with Gasteiger partial charge in [0.25, 0.3) is 0 Å². The Kier molecular flexibility index (Phi) is 24.6. The molecule has 0 rings (SSSR count). The van der Waals surface area contributed by atoms with Crippen molar-refractivity contribution in [3.63, 3.8) is 0 Å².